The van der Waals surface area contributed by atoms with Gasteiger partial charge in [0.25, 0.3) is 0 Å². The van der Waals surface area contributed by atoms with Crippen molar-refractivity contribution in [1.29, 1.82) is 0 Å². The van der Waals surface area contributed by atoms with Crippen LogP contribution in [0.3, 0.4) is 0 Å². The van der Waals surface area contributed by atoms with E-state index < -0.39 is 0 Å². The fraction of sp³-hybridized carbons (Fsp3) is 0.929. The second-order valence-corrected chi connectivity index (χ2v) is 5.61. The summed E-state index contributed by atoms with van der Waals surface area (Å²) in [6, 6.07) is 0. The summed E-state index contributed by atoms with van der Waals surface area (Å²) in [4.78, 5) is 11.9. The van der Waals surface area contributed by atoms with Gasteiger partial charge in [-0.2, -0.15) is 0 Å². The van der Waals surface area contributed by atoms with Crippen molar-refractivity contribution < 1.29 is 19.0 Å². The molecule has 4 heteroatoms. The van der Waals surface area contributed by atoms with Crippen LogP contribution in [0.5, 0.6) is 0 Å². The van der Waals surface area contributed by atoms with Gasteiger partial charge in [-0.1, -0.05) is 6.92 Å². The van der Waals surface area contributed by atoms with Crippen molar-refractivity contribution in [1.82, 2.24) is 0 Å². The average molecular weight is 258 g/mol. The summed E-state index contributed by atoms with van der Waals surface area (Å²) in [6.07, 6.45) is 4.77. The van der Waals surface area contributed by atoms with Crippen LogP contribution in [-0.4, -0.2) is 32.1 Å². The molecule has 1 aliphatic rings. The minimum atomic E-state index is -0.372. The number of hydrogen-bond acceptors (Lipinski definition) is 4. The highest BCUT2D eigenvalue weighted by Crippen LogP contribution is 2.28. The van der Waals surface area contributed by atoms with E-state index in [0.717, 1.165) is 32.1 Å². The Labute approximate surface area is 110 Å². The Morgan fingerprint density at radius 3 is 2.22 bits per heavy atom. The summed E-state index contributed by atoms with van der Waals surface area (Å²) >= 11 is 0. The molecule has 0 unspecified atom stereocenters. The highest BCUT2D eigenvalue weighted by Gasteiger charge is 2.31. The van der Waals surface area contributed by atoms with E-state index in [1.165, 1.54) is 0 Å². The van der Waals surface area contributed by atoms with Gasteiger partial charge in [0.1, 0.15) is 12.9 Å². The standard InChI is InChI=1S/C14H26O4/c1-5-14(2,3)13(15)18-12-8-6-11(7-9-12)17-10-16-4/h11-12H,5-10H2,1-4H3. The van der Waals surface area contributed by atoms with Gasteiger partial charge in [0, 0.05) is 7.11 Å². The molecular formula is C14H26O4. The van der Waals surface area contributed by atoms with E-state index in [1.807, 2.05) is 20.8 Å². The van der Waals surface area contributed by atoms with Crippen LogP contribution in [0, 0.1) is 5.41 Å². The van der Waals surface area contributed by atoms with Gasteiger partial charge < -0.3 is 14.2 Å². The van der Waals surface area contributed by atoms with Crippen LogP contribution in [0.1, 0.15) is 52.9 Å². The molecule has 0 N–H and O–H groups in total. The zero-order valence-electron chi connectivity index (χ0n) is 12.0. The molecule has 0 aromatic rings. The summed E-state index contributed by atoms with van der Waals surface area (Å²) in [5, 5.41) is 0. The van der Waals surface area contributed by atoms with Crippen molar-refractivity contribution in [3.63, 3.8) is 0 Å². The first-order chi connectivity index (χ1) is 8.49. The quantitative estimate of drug-likeness (QED) is 0.543. The number of hydrogen-bond donors (Lipinski definition) is 0. The monoisotopic (exact) mass is 258 g/mol. The van der Waals surface area contributed by atoms with E-state index >= 15 is 0 Å². The molecule has 0 bridgehead atoms. The molecule has 0 atom stereocenters. The van der Waals surface area contributed by atoms with Crippen molar-refractivity contribution in [3.8, 4) is 0 Å². The number of methoxy groups -OCH3 is 1. The third-order valence-electron chi connectivity index (χ3n) is 3.75. The molecule has 0 radical (unpaired) electrons. The van der Waals surface area contributed by atoms with Gasteiger partial charge in [0.2, 0.25) is 0 Å². The van der Waals surface area contributed by atoms with E-state index in [9.17, 15) is 4.79 Å². The lowest BCUT2D eigenvalue weighted by Crippen LogP contribution is -2.33. The normalized spacial score (nSPS) is 24.9. The number of carbonyl (C=O) groups excluding carboxylic acids is 1. The molecule has 0 heterocycles. The first-order valence-electron chi connectivity index (χ1n) is 6.81. The Morgan fingerprint density at radius 2 is 1.72 bits per heavy atom. The van der Waals surface area contributed by atoms with Gasteiger partial charge in [-0.05, 0) is 46.0 Å². The molecule has 18 heavy (non-hydrogen) atoms. The fourth-order valence-corrected chi connectivity index (χ4v) is 1.94. The molecular weight excluding hydrogens is 232 g/mol. The Kier molecular flexibility index (Phi) is 6.09. The van der Waals surface area contributed by atoms with Crippen LogP contribution in [0.4, 0.5) is 0 Å². The average Bonchev–Trinajstić information content (AvgIpc) is 2.37. The van der Waals surface area contributed by atoms with Crippen LogP contribution in [0.15, 0.2) is 0 Å². The van der Waals surface area contributed by atoms with Gasteiger partial charge in [-0.25, -0.2) is 0 Å². The minimum Gasteiger partial charge on any atom is -0.462 e. The minimum absolute atomic E-state index is 0.0609. The van der Waals surface area contributed by atoms with E-state index in [-0.39, 0.29) is 23.6 Å². The lowest BCUT2D eigenvalue weighted by molar-refractivity contribution is -0.164. The maximum absolute atomic E-state index is 11.9. The highest BCUT2D eigenvalue weighted by molar-refractivity contribution is 5.75. The molecule has 1 saturated carbocycles. The summed E-state index contributed by atoms with van der Waals surface area (Å²) in [7, 11) is 1.63. The zero-order valence-corrected chi connectivity index (χ0v) is 12.0. The number of ether oxygens (including phenoxy) is 3. The van der Waals surface area contributed by atoms with Gasteiger partial charge in [0.15, 0.2) is 0 Å². The maximum Gasteiger partial charge on any atom is 0.311 e. The molecule has 0 saturated heterocycles. The molecule has 0 spiro atoms. The van der Waals surface area contributed by atoms with E-state index in [1.54, 1.807) is 7.11 Å². The van der Waals surface area contributed by atoms with Gasteiger partial charge in [-0.3, -0.25) is 4.79 Å². The van der Waals surface area contributed by atoms with Crippen molar-refractivity contribution in [2.75, 3.05) is 13.9 Å². The van der Waals surface area contributed by atoms with E-state index in [0.29, 0.717) is 6.79 Å². The second kappa shape index (κ2) is 7.10. The molecule has 1 aliphatic carbocycles. The lowest BCUT2D eigenvalue weighted by atomic mass is 9.90. The molecule has 0 aromatic carbocycles. The number of carbonyl (C=O) groups is 1. The van der Waals surface area contributed by atoms with E-state index in [2.05, 4.69) is 0 Å². The number of rotatable bonds is 6. The van der Waals surface area contributed by atoms with Crippen molar-refractivity contribution >= 4 is 5.97 Å². The zero-order chi connectivity index (χ0) is 13.6. The molecule has 0 aliphatic heterocycles. The van der Waals surface area contributed by atoms with Crippen LogP contribution in [0.25, 0.3) is 0 Å². The Bertz CT molecular complexity index is 255. The molecule has 0 amide bonds. The Hall–Kier alpha value is -0.610. The van der Waals surface area contributed by atoms with Crippen LogP contribution in [-0.2, 0) is 19.0 Å². The first-order valence-corrected chi connectivity index (χ1v) is 6.81. The summed E-state index contributed by atoms with van der Waals surface area (Å²) in [5.74, 6) is -0.0775. The number of esters is 1. The predicted molar refractivity (Wildman–Crippen MR) is 69.2 cm³/mol. The highest BCUT2D eigenvalue weighted by atomic mass is 16.7. The molecule has 1 rings (SSSR count). The predicted octanol–water partition coefficient (Wildman–Crippen LogP) is 2.90. The van der Waals surface area contributed by atoms with Gasteiger partial charge in [-0.15, -0.1) is 0 Å². The van der Waals surface area contributed by atoms with Crippen LogP contribution >= 0.6 is 0 Å². The largest absolute Gasteiger partial charge is 0.462 e. The van der Waals surface area contributed by atoms with Gasteiger partial charge >= 0.3 is 5.97 Å². The van der Waals surface area contributed by atoms with Crippen molar-refractivity contribution in [2.24, 2.45) is 5.41 Å². The van der Waals surface area contributed by atoms with Crippen molar-refractivity contribution in [3.05, 3.63) is 0 Å². The molecule has 1 fully saturated rings. The summed E-state index contributed by atoms with van der Waals surface area (Å²) in [5.41, 5.74) is -0.372. The fourth-order valence-electron chi connectivity index (χ4n) is 1.94. The molecule has 4 nitrogen and oxygen atoms in total. The summed E-state index contributed by atoms with van der Waals surface area (Å²) in [6.45, 7) is 6.22. The Balaban J connectivity index is 2.29. The topological polar surface area (TPSA) is 44.8 Å². The van der Waals surface area contributed by atoms with Crippen molar-refractivity contribution in [2.45, 2.75) is 65.1 Å². The SMILES string of the molecule is CCC(C)(C)C(=O)OC1CCC(OCOC)CC1. The third-order valence-corrected chi connectivity index (χ3v) is 3.75. The lowest BCUT2D eigenvalue weighted by Gasteiger charge is -2.30. The van der Waals surface area contributed by atoms with Crippen LogP contribution in [0.2, 0.25) is 0 Å². The summed E-state index contributed by atoms with van der Waals surface area (Å²) < 4.78 is 16.0. The first kappa shape index (κ1) is 15.4. The molecule has 0 aromatic heterocycles. The Morgan fingerprint density at radius 1 is 1.17 bits per heavy atom. The maximum atomic E-state index is 11.9. The second-order valence-electron chi connectivity index (χ2n) is 5.61. The smallest absolute Gasteiger partial charge is 0.311 e. The third kappa shape index (κ3) is 4.58. The molecule has 106 valence electrons. The van der Waals surface area contributed by atoms with Crippen LogP contribution < -0.4 is 0 Å². The van der Waals surface area contributed by atoms with Gasteiger partial charge in [0.05, 0.1) is 11.5 Å². The van der Waals surface area contributed by atoms with E-state index in [4.69, 9.17) is 14.2 Å².